The molecule has 0 radical (unpaired) electrons. The van der Waals surface area contributed by atoms with Crippen LogP contribution >= 0.6 is 15.9 Å². The molecule has 1 aromatic carbocycles. The summed E-state index contributed by atoms with van der Waals surface area (Å²) in [6.07, 6.45) is -0.221. The molecule has 2 atom stereocenters. The number of anilines is 1. The van der Waals surface area contributed by atoms with Crippen molar-refractivity contribution in [3.63, 3.8) is 0 Å². The molecule has 0 aromatic heterocycles. The van der Waals surface area contributed by atoms with Crippen molar-refractivity contribution in [2.24, 2.45) is 5.92 Å². The molecule has 2 unspecified atom stereocenters. The van der Waals surface area contributed by atoms with Gasteiger partial charge in [0, 0.05) is 35.8 Å². The van der Waals surface area contributed by atoms with Crippen LogP contribution in [-0.2, 0) is 9.53 Å². The molecule has 0 heterocycles. The normalized spacial score (nSPS) is 13.8. The van der Waals surface area contributed by atoms with Crippen LogP contribution in [0.3, 0.4) is 0 Å². The molecular weight excluding hydrogens is 360 g/mol. The summed E-state index contributed by atoms with van der Waals surface area (Å²) in [6.45, 7) is 7.41. The molecule has 130 valence electrons. The number of aliphatic hydroxyl groups excluding tert-OH is 1. The number of halogens is 1. The number of aliphatic hydroxyl groups is 1. The zero-order valence-corrected chi connectivity index (χ0v) is 15.6. The Morgan fingerprint density at radius 2 is 1.87 bits per heavy atom. The molecule has 3 N–H and O–H groups in total. The fourth-order valence-corrected chi connectivity index (χ4v) is 2.20. The lowest BCUT2D eigenvalue weighted by Gasteiger charge is -2.17. The lowest BCUT2D eigenvalue weighted by atomic mass is 10.2. The van der Waals surface area contributed by atoms with Crippen molar-refractivity contribution in [2.45, 2.75) is 39.3 Å². The highest BCUT2D eigenvalue weighted by Crippen LogP contribution is 2.14. The van der Waals surface area contributed by atoms with Crippen LogP contribution in [-0.4, -0.2) is 42.9 Å². The Balaban J connectivity index is 2.20. The number of amides is 1. The Hall–Kier alpha value is -0.950. The van der Waals surface area contributed by atoms with Crippen LogP contribution in [0.15, 0.2) is 28.7 Å². The van der Waals surface area contributed by atoms with Crippen LogP contribution in [0.4, 0.5) is 5.69 Å². The van der Waals surface area contributed by atoms with E-state index in [0.717, 1.165) is 10.2 Å². The molecule has 0 spiro atoms. The molecule has 0 bridgehead atoms. The first kappa shape index (κ1) is 20.1. The average Bonchev–Trinajstić information content (AvgIpc) is 2.47. The third-order valence-corrected chi connectivity index (χ3v) is 3.61. The number of benzene rings is 1. The maximum absolute atomic E-state index is 11.9. The van der Waals surface area contributed by atoms with Gasteiger partial charge in [0.1, 0.15) is 0 Å². The number of rotatable bonds is 10. The van der Waals surface area contributed by atoms with Gasteiger partial charge in [-0.15, -0.1) is 0 Å². The lowest BCUT2D eigenvalue weighted by molar-refractivity contribution is -0.116. The fraction of sp³-hybridized carbons (Fsp3) is 0.588. The molecule has 1 aromatic rings. The first-order chi connectivity index (χ1) is 10.9. The van der Waals surface area contributed by atoms with Gasteiger partial charge < -0.3 is 20.5 Å². The fourth-order valence-electron chi connectivity index (χ4n) is 1.93. The van der Waals surface area contributed by atoms with Crippen LogP contribution in [0.5, 0.6) is 0 Å². The second kappa shape index (κ2) is 10.8. The van der Waals surface area contributed by atoms with Crippen molar-refractivity contribution < 1.29 is 14.6 Å². The van der Waals surface area contributed by atoms with Crippen molar-refractivity contribution >= 4 is 27.5 Å². The van der Waals surface area contributed by atoms with Gasteiger partial charge in [-0.2, -0.15) is 0 Å². The Morgan fingerprint density at radius 1 is 1.22 bits per heavy atom. The number of nitrogens with one attached hydrogen (secondary N) is 2. The minimum atomic E-state index is -0.564. The monoisotopic (exact) mass is 386 g/mol. The summed E-state index contributed by atoms with van der Waals surface area (Å²) < 4.78 is 6.36. The van der Waals surface area contributed by atoms with E-state index in [1.807, 2.05) is 31.2 Å². The average molecular weight is 387 g/mol. The van der Waals surface area contributed by atoms with E-state index in [4.69, 9.17) is 4.74 Å². The van der Waals surface area contributed by atoms with Gasteiger partial charge in [0.15, 0.2) is 0 Å². The van der Waals surface area contributed by atoms with E-state index in [9.17, 15) is 9.90 Å². The second-order valence-electron chi connectivity index (χ2n) is 6.15. The van der Waals surface area contributed by atoms with E-state index in [2.05, 4.69) is 40.4 Å². The number of ether oxygens (including phenoxy) is 1. The first-order valence-electron chi connectivity index (χ1n) is 7.91. The van der Waals surface area contributed by atoms with Crippen molar-refractivity contribution in [1.82, 2.24) is 5.32 Å². The Morgan fingerprint density at radius 3 is 2.48 bits per heavy atom. The molecule has 5 nitrogen and oxygen atoms in total. The molecule has 0 saturated heterocycles. The molecule has 0 saturated carbocycles. The van der Waals surface area contributed by atoms with E-state index >= 15 is 0 Å². The molecule has 0 aliphatic rings. The topological polar surface area (TPSA) is 70.6 Å². The second-order valence-corrected chi connectivity index (χ2v) is 7.07. The van der Waals surface area contributed by atoms with Gasteiger partial charge in [0.25, 0.3) is 0 Å². The highest BCUT2D eigenvalue weighted by Gasteiger charge is 2.11. The molecule has 0 fully saturated rings. The van der Waals surface area contributed by atoms with Crippen molar-refractivity contribution in [1.29, 1.82) is 0 Å². The predicted molar refractivity (Wildman–Crippen MR) is 96.5 cm³/mol. The third-order valence-electron chi connectivity index (χ3n) is 3.08. The van der Waals surface area contributed by atoms with Gasteiger partial charge in [-0.1, -0.05) is 29.8 Å². The summed E-state index contributed by atoms with van der Waals surface area (Å²) in [7, 11) is 0. The van der Waals surface area contributed by atoms with Crippen molar-refractivity contribution in [3.05, 3.63) is 28.7 Å². The standard InChI is InChI=1S/C17H27BrN2O3/c1-12(2)10-23-11-16(21)9-19-13(3)8-17(22)20-15-6-4-14(18)5-7-15/h4-7,12-13,16,19,21H,8-11H2,1-3H3,(H,20,22). The summed E-state index contributed by atoms with van der Waals surface area (Å²) in [5.74, 6) is 0.397. The zero-order chi connectivity index (χ0) is 17.2. The van der Waals surface area contributed by atoms with E-state index in [1.165, 1.54) is 0 Å². The minimum absolute atomic E-state index is 0.0230. The maximum atomic E-state index is 11.9. The number of hydrogen-bond donors (Lipinski definition) is 3. The van der Waals surface area contributed by atoms with Gasteiger partial charge in [0.2, 0.25) is 5.91 Å². The van der Waals surface area contributed by atoms with Crippen LogP contribution < -0.4 is 10.6 Å². The smallest absolute Gasteiger partial charge is 0.225 e. The highest BCUT2D eigenvalue weighted by atomic mass is 79.9. The zero-order valence-electron chi connectivity index (χ0n) is 14.0. The molecular formula is C17H27BrN2O3. The van der Waals surface area contributed by atoms with Crippen LogP contribution in [0, 0.1) is 5.92 Å². The van der Waals surface area contributed by atoms with Crippen LogP contribution in [0.25, 0.3) is 0 Å². The van der Waals surface area contributed by atoms with E-state index in [0.29, 0.717) is 32.1 Å². The molecule has 1 amide bonds. The summed E-state index contributed by atoms with van der Waals surface area (Å²) in [5, 5.41) is 15.8. The number of hydrogen-bond acceptors (Lipinski definition) is 4. The van der Waals surface area contributed by atoms with Crippen molar-refractivity contribution in [2.75, 3.05) is 25.1 Å². The summed E-state index contributed by atoms with van der Waals surface area (Å²) in [6, 6.07) is 7.42. The van der Waals surface area contributed by atoms with Gasteiger partial charge in [-0.25, -0.2) is 0 Å². The van der Waals surface area contributed by atoms with Gasteiger partial charge >= 0.3 is 0 Å². The van der Waals surface area contributed by atoms with Crippen molar-refractivity contribution in [3.8, 4) is 0 Å². The number of carbonyl (C=O) groups is 1. The van der Waals surface area contributed by atoms with Gasteiger partial charge in [-0.3, -0.25) is 4.79 Å². The summed E-state index contributed by atoms with van der Waals surface area (Å²) >= 11 is 3.36. The van der Waals surface area contributed by atoms with E-state index in [1.54, 1.807) is 0 Å². The third kappa shape index (κ3) is 9.71. The molecule has 0 aliphatic heterocycles. The molecule has 0 aliphatic carbocycles. The van der Waals surface area contributed by atoms with Crippen LogP contribution in [0.2, 0.25) is 0 Å². The number of carbonyl (C=O) groups excluding carboxylic acids is 1. The maximum Gasteiger partial charge on any atom is 0.225 e. The minimum Gasteiger partial charge on any atom is -0.389 e. The van der Waals surface area contributed by atoms with Crippen LogP contribution in [0.1, 0.15) is 27.2 Å². The van der Waals surface area contributed by atoms with E-state index in [-0.39, 0.29) is 11.9 Å². The van der Waals surface area contributed by atoms with Gasteiger partial charge in [0.05, 0.1) is 12.7 Å². The quantitative estimate of drug-likeness (QED) is 0.578. The molecule has 23 heavy (non-hydrogen) atoms. The Kier molecular flexibility index (Phi) is 9.40. The summed E-state index contributed by atoms with van der Waals surface area (Å²) in [5.41, 5.74) is 0.771. The molecule has 1 rings (SSSR count). The molecule has 6 heteroatoms. The largest absolute Gasteiger partial charge is 0.389 e. The lowest BCUT2D eigenvalue weighted by Crippen LogP contribution is -2.38. The predicted octanol–water partition coefficient (Wildman–Crippen LogP) is 2.79. The SMILES string of the molecule is CC(C)COCC(O)CNC(C)CC(=O)Nc1ccc(Br)cc1. The Labute approximate surface area is 146 Å². The Bertz CT molecular complexity index is 465. The summed E-state index contributed by atoms with van der Waals surface area (Å²) in [4.78, 5) is 11.9. The van der Waals surface area contributed by atoms with E-state index < -0.39 is 6.10 Å². The van der Waals surface area contributed by atoms with Gasteiger partial charge in [-0.05, 0) is 37.1 Å². The first-order valence-corrected chi connectivity index (χ1v) is 8.70. The highest BCUT2D eigenvalue weighted by molar-refractivity contribution is 9.10.